The van der Waals surface area contributed by atoms with Crippen molar-refractivity contribution in [1.82, 2.24) is 20.2 Å². The van der Waals surface area contributed by atoms with Crippen LogP contribution < -0.4 is 5.73 Å². The average molecular weight is 209 g/mol. The summed E-state index contributed by atoms with van der Waals surface area (Å²) in [5.41, 5.74) is 5.86. The SMILES string of the molecule is Cn1nnc(CC(=O)C2CCCC2N)n1. The minimum Gasteiger partial charge on any atom is -0.327 e. The van der Waals surface area contributed by atoms with E-state index in [9.17, 15) is 4.79 Å². The summed E-state index contributed by atoms with van der Waals surface area (Å²) in [7, 11) is 1.68. The molecular weight excluding hydrogens is 194 g/mol. The normalized spacial score (nSPS) is 25.7. The largest absolute Gasteiger partial charge is 0.327 e. The first-order valence-electron chi connectivity index (χ1n) is 5.18. The van der Waals surface area contributed by atoms with Crippen LogP contribution >= 0.6 is 0 Å². The number of carbonyl (C=O) groups is 1. The zero-order valence-electron chi connectivity index (χ0n) is 8.76. The van der Waals surface area contributed by atoms with Gasteiger partial charge in [0.2, 0.25) is 0 Å². The summed E-state index contributed by atoms with van der Waals surface area (Å²) in [5, 5.41) is 11.5. The molecule has 6 nitrogen and oxygen atoms in total. The smallest absolute Gasteiger partial charge is 0.182 e. The van der Waals surface area contributed by atoms with E-state index in [1.807, 2.05) is 0 Å². The summed E-state index contributed by atoms with van der Waals surface area (Å²) in [5.74, 6) is 0.628. The van der Waals surface area contributed by atoms with Gasteiger partial charge >= 0.3 is 0 Å². The summed E-state index contributed by atoms with van der Waals surface area (Å²) >= 11 is 0. The molecule has 0 aromatic carbocycles. The average Bonchev–Trinajstić information content (AvgIpc) is 2.75. The molecule has 0 amide bonds. The van der Waals surface area contributed by atoms with Crippen molar-refractivity contribution in [2.75, 3.05) is 0 Å². The third-order valence-electron chi connectivity index (χ3n) is 2.87. The molecular formula is C9H15N5O. The Balaban J connectivity index is 1.97. The lowest BCUT2D eigenvalue weighted by atomic mass is 9.96. The zero-order valence-corrected chi connectivity index (χ0v) is 8.76. The first-order chi connectivity index (χ1) is 7.16. The van der Waals surface area contributed by atoms with Crippen molar-refractivity contribution in [2.45, 2.75) is 31.7 Å². The number of carbonyl (C=O) groups excluding carboxylic acids is 1. The van der Waals surface area contributed by atoms with Crippen LogP contribution in [0.1, 0.15) is 25.1 Å². The van der Waals surface area contributed by atoms with Crippen LogP contribution in [0.2, 0.25) is 0 Å². The van der Waals surface area contributed by atoms with E-state index in [2.05, 4.69) is 15.4 Å². The number of tetrazole rings is 1. The van der Waals surface area contributed by atoms with E-state index in [4.69, 9.17) is 5.73 Å². The number of hydrogen-bond donors (Lipinski definition) is 1. The number of nitrogens with zero attached hydrogens (tertiary/aromatic N) is 4. The fourth-order valence-electron chi connectivity index (χ4n) is 2.07. The standard InChI is InChI=1S/C9H15N5O/c1-14-12-9(11-13-14)5-8(15)6-3-2-4-7(6)10/h6-7H,2-5,10H2,1H3. The molecule has 2 N–H and O–H groups in total. The monoisotopic (exact) mass is 209 g/mol. The summed E-state index contributed by atoms with van der Waals surface area (Å²) in [4.78, 5) is 13.2. The van der Waals surface area contributed by atoms with E-state index < -0.39 is 0 Å². The molecule has 1 heterocycles. The Morgan fingerprint density at radius 3 is 2.93 bits per heavy atom. The number of hydrogen-bond acceptors (Lipinski definition) is 5. The Morgan fingerprint density at radius 1 is 1.60 bits per heavy atom. The molecule has 0 aliphatic heterocycles. The van der Waals surface area contributed by atoms with E-state index in [1.54, 1.807) is 7.05 Å². The molecule has 1 aliphatic rings. The second-order valence-corrected chi connectivity index (χ2v) is 4.04. The summed E-state index contributed by atoms with van der Waals surface area (Å²) in [6.45, 7) is 0. The molecule has 1 aromatic heterocycles. The van der Waals surface area contributed by atoms with Crippen LogP contribution in [-0.4, -0.2) is 32.0 Å². The number of aryl methyl sites for hydroxylation is 1. The van der Waals surface area contributed by atoms with Crippen molar-refractivity contribution in [2.24, 2.45) is 18.7 Å². The Kier molecular flexibility index (Phi) is 2.77. The van der Waals surface area contributed by atoms with Gasteiger partial charge in [-0.15, -0.1) is 10.2 Å². The number of Topliss-reactive ketones (excluding diaryl/α,β-unsaturated/α-hetero) is 1. The van der Waals surface area contributed by atoms with E-state index in [-0.39, 0.29) is 24.2 Å². The van der Waals surface area contributed by atoms with Gasteiger partial charge in [-0.2, -0.15) is 4.80 Å². The van der Waals surface area contributed by atoms with Crippen molar-refractivity contribution in [3.63, 3.8) is 0 Å². The van der Waals surface area contributed by atoms with Crippen LogP contribution in [0.25, 0.3) is 0 Å². The second-order valence-electron chi connectivity index (χ2n) is 4.04. The number of aromatic nitrogens is 4. The molecule has 0 bridgehead atoms. The molecule has 15 heavy (non-hydrogen) atoms. The molecule has 0 saturated heterocycles. The van der Waals surface area contributed by atoms with Gasteiger partial charge in [0.15, 0.2) is 5.82 Å². The maximum atomic E-state index is 11.8. The van der Waals surface area contributed by atoms with Crippen LogP contribution in [0.3, 0.4) is 0 Å². The predicted molar refractivity (Wildman–Crippen MR) is 52.8 cm³/mol. The van der Waals surface area contributed by atoms with Crippen molar-refractivity contribution in [1.29, 1.82) is 0 Å². The van der Waals surface area contributed by atoms with Gasteiger partial charge in [-0.05, 0) is 18.1 Å². The van der Waals surface area contributed by atoms with Crippen LogP contribution in [0.15, 0.2) is 0 Å². The third kappa shape index (κ3) is 2.20. The van der Waals surface area contributed by atoms with Gasteiger partial charge in [0.25, 0.3) is 0 Å². The lowest BCUT2D eigenvalue weighted by Crippen LogP contribution is -2.31. The molecule has 2 unspecified atom stereocenters. The maximum Gasteiger partial charge on any atom is 0.182 e. The van der Waals surface area contributed by atoms with Gasteiger partial charge in [0, 0.05) is 12.0 Å². The molecule has 1 aromatic rings. The van der Waals surface area contributed by atoms with Gasteiger partial charge in [0.1, 0.15) is 5.78 Å². The molecule has 1 aliphatic carbocycles. The highest BCUT2D eigenvalue weighted by Crippen LogP contribution is 2.25. The van der Waals surface area contributed by atoms with Gasteiger partial charge in [0.05, 0.1) is 13.5 Å². The quantitative estimate of drug-likeness (QED) is 0.721. The van der Waals surface area contributed by atoms with Crippen molar-refractivity contribution >= 4 is 5.78 Å². The Morgan fingerprint density at radius 2 is 2.40 bits per heavy atom. The maximum absolute atomic E-state index is 11.8. The first-order valence-corrected chi connectivity index (χ1v) is 5.18. The van der Waals surface area contributed by atoms with Crippen molar-refractivity contribution < 1.29 is 4.79 Å². The van der Waals surface area contributed by atoms with Gasteiger partial charge in [-0.25, -0.2) is 0 Å². The molecule has 0 spiro atoms. The van der Waals surface area contributed by atoms with Gasteiger partial charge < -0.3 is 5.73 Å². The van der Waals surface area contributed by atoms with Crippen molar-refractivity contribution in [3.05, 3.63) is 5.82 Å². The Hall–Kier alpha value is -1.30. The topological polar surface area (TPSA) is 86.7 Å². The molecule has 1 fully saturated rings. The van der Waals surface area contributed by atoms with Gasteiger partial charge in [-0.1, -0.05) is 6.42 Å². The summed E-state index contributed by atoms with van der Waals surface area (Å²) in [6.07, 6.45) is 3.16. The van der Waals surface area contributed by atoms with Crippen LogP contribution in [0.5, 0.6) is 0 Å². The zero-order chi connectivity index (χ0) is 10.8. The van der Waals surface area contributed by atoms with E-state index >= 15 is 0 Å². The summed E-state index contributed by atoms with van der Waals surface area (Å²) in [6, 6.07) is 0.0224. The third-order valence-corrected chi connectivity index (χ3v) is 2.87. The second kappa shape index (κ2) is 4.06. The van der Waals surface area contributed by atoms with Crippen molar-refractivity contribution in [3.8, 4) is 0 Å². The van der Waals surface area contributed by atoms with Crippen LogP contribution in [-0.2, 0) is 18.3 Å². The minimum atomic E-state index is -0.00574. The lowest BCUT2D eigenvalue weighted by Gasteiger charge is -2.12. The Bertz CT molecular complexity index is 361. The fraction of sp³-hybridized carbons (Fsp3) is 0.778. The summed E-state index contributed by atoms with van der Waals surface area (Å²) < 4.78 is 0. The minimum absolute atomic E-state index is 0.00574. The van der Waals surface area contributed by atoms with Gasteiger partial charge in [-0.3, -0.25) is 4.79 Å². The van der Waals surface area contributed by atoms with Crippen LogP contribution in [0.4, 0.5) is 0 Å². The van der Waals surface area contributed by atoms with E-state index in [0.717, 1.165) is 19.3 Å². The molecule has 6 heteroatoms. The fourth-order valence-corrected chi connectivity index (χ4v) is 2.07. The highest BCUT2D eigenvalue weighted by Gasteiger charge is 2.30. The molecule has 0 radical (unpaired) electrons. The van der Waals surface area contributed by atoms with Crippen LogP contribution in [0, 0.1) is 5.92 Å². The molecule has 82 valence electrons. The Labute approximate surface area is 87.8 Å². The predicted octanol–water partition coefficient (Wildman–Crippen LogP) is -0.551. The van der Waals surface area contributed by atoms with E-state index in [1.165, 1.54) is 4.80 Å². The number of ketones is 1. The molecule has 2 atom stereocenters. The molecule has 2 rings (SSSR count). The lowest BCUT2D eigenvalue weighted by molar-refractivity contribution is -0.122. The highest BCUT2D eigenvalue weighted by molar-refractivity contribution is 5.83. The highest BCUT2D eigenvalue weighted by atomic mass is 16.1. The molecule has 1 saturated carbocycles. The number of nitrogens with two attached hydrogens (primary N) is 1. The first kappa shape index (κ1) is 10.2. The van der Waals surface area contributed by atoms with E-state index in [0.29, 0.717) is 5.82 Å². The number of rotatable bonds is 3.